The number of rotatable bonds is 8. The van der Waals surface area contributed by atoms with Crippen LogP contribution in [0.5, 0.6) is 5.75 Å². The summed E-state index contributed by atoms with van der Waals surface area (Å²) in [7, 11) is 0. The molecule has 126 valence electrons. The fourth-order valence-corrected chi connectivity index (χ4v) is 1.96. The summed E-state index contributed by atoms with van der Waals surface area (Å²) in [6.07, 6.45) is 2.41. The van der Waals surface area contributed by atoms with Crippen LogP contribution in [-0.4, -0.2) is 25.3 Å². The third kappa shape index (κ3) is 5.93. The molecule has 2 rings (SSSR count). The Balaban J connectivity index is 1.82. The van der Waals surface area contributed by atoms with Gasteiger partial charge in [-0.05, 0) is 36.2 Å². The number of hydrogen-bond donors (Lipinski definition) is 1. The Kier molecular flexibility index (Phi) is 7.11. The van der Waals surface area contributed by atoms with Gasteiger partial charge in [0.2, 0.25) is 0 Å². The van der Waals surface area contributed by atoms with E-state index in [4.69, 9.17) is 21.2 Å². The van der Waals surface area contributed by atoms with Gasteiger partial charge < -0.3 is 14.9 Å². The number of para-hydroxylation sites is 2. The molecule has 2 aromatic rings. The lowest BCUT2D eigenvalue weighted by atomic mass is 10.2. The van der Waals surface area contributed by atoms with E-state index in [9.17, 15) is 4.79 Å². The molecule has 0 bridgehead atoms. The molecule has 0 saturated carbocycles. The molecule has 24 heavy (non-hydrogen) atoms. The van der Waals surface area contributed by atoms with E-state index in [0.29, 0.717) is 23.1 Å². The summed E-state index contributed by atoms with van der Waals surface area (Å²) in [5.74, 6) is 0.327. The Morgan fingerprint density at radius 2 is 1.96 bits per heavy atom. The van der Waals surface area contributed by atoms with Crippen molar-refractivity contribution in [2.75, 3.05) is 18.5 Å². The van der Waals surface area contributed by atoms with E-state index in [1.54, 1.807) is 30.3 Å². The Bertz CT molecular complexity index is 687. The van der Waals surface area contributed by atoms with Crippen LogP contribution in [0.15, 0.2) is 53.7 Å². The summed E-state index contributed by atoms with van der Waals surface area (Å²) in [6.45, 7) is 2.43. The van der Waals surface area contributed by atoms with E-state index in [2.05, 4.69) is 10.5 Å². The number of carbonyl (C=O) groups excluding carboxylic acids is 1. The molecule has 0 saturated heterocycles. The molecule has 1 N–H and O–H groups in total. The number of ether oxygens (including phenoxy) is 1. The average Bonchev–Trinajstić information content (AvgIpc) is 2.59. The SMILES string of the molecule is CCCOc1ccccc1NC(=O)CO/N=C/c1ccc(Cl)cc1. The zero-order valence-corrected chi connectivity index (χ0v) is 14.1. The van der Waals surface area contributed by atoms with E-state index in [1.165, 1.54) is 6.21 Å². The van der Waals surface area contributed by atoms with E-state index >= 15 is 0 Å². The molecule has 5 nitrogen and oxygen atoms in total. The van der Waals surface area contributed by atoms with Crippen molar-refractivity contribution in [1.82, 2.24) is 0 Å². The summed E-state index contributed by atoms with van der Waals surface area (Å²) in [5, 5.41) is 7.16. The Labute approximate surface area is 146 Å². The van der Waals surface area contributed by atoms with Crippen LogP contribution in [0.25, 0.3) is 0 Å². The van der Waals surface area contributed by atoms with Crippen LogP contribution < -0.4 is 10.1 Å². The first-order valence-corrected chi connectivity index (χ1v) is 7.99. The van der Waals surface area contributed by atoms with Crippen LogP contribution in [0.3, 0.4) is 0 Å². The van der Waals surface area contributed by atoms with Crippen molar-refractivity contribution < 1.29 is 14.4 Å². The van der Waals surface area contributed by atoms with Crippen LogP contribution >= 0.6 is 11.6 Å². The molecule has 0 fully saturated rings. The van der Waals surface area contributed by atoms with Crippen molar-refractivity contribution >= 4 is 29.4 Å². The second-order valence-electron chi connectivity index (χ2n) is 4.95. The van der Waals surface area contributed by atoms with Crippen molar-refractivity contribution in [3.8, 4) is 5.75 Å². The number of nitrogens with one attached hydrogen (secondary N) is 1. The van der Waals surface area contributed by atoms with Crippen LogP contribution in [-0.2, 0) is 9.63 Å². The number of amides is 1. The molecular weight excluding hydrogens is 328 g/mol. The monoisotopic (exact) mass is 346 g/mol. The summed E-state index contributed by atoms with van der Waals surface area (Å²) in [5.41, 5.74) is 1.44. The summed E-state index contributed by atoms with van der Waals surface area (Å²) < 4.78 is 5.58. The Morgan fingerprint density at radius 1 is 1.21 bits per heavy atom. The first kappa shape index (κ1) is 17.8. The predicted molar refractivity (Wildman–Crippen MR) is 95.9 cm³/mol. The van der Waals surface area contributed by atoms with E-state index in [0.717, 1.165) is 12.0 Å². The number of nitrogens with zero attached hydrogens (tertiary/aromatic N) is 1. The van der Waals surface area contributed by atoms with Gasteiger partial charge in [0.25, 0.3) is 5.91 Å². The first-order chi connectivity index (χ1) is 11.7. The maximum absolute atomic E-state index is 11.9. The largest absolute Gasteiger partial charge is 0.491 e. The van der Waals surface area contributed by atoms with Crippen LogP contribution in [0.1, 0.15) is 18.9 Å². The highest BCUT2D eigenvalue weighted by Gasteiger charge is 2.07. The molecule has 6 heteroatoms. The fraction of sp³-hybridized carbons (Fsp3) is 0.222. The number of benzene rings is 2. The highest BCUT2D eigenvalue weighted by molar-refractivity contribution is 6.30. The van der Waals surface area contributed by atoms with Crippen molar-refractivity contribution in [2.24, 2.45) is 5.16 Å². The molecule has 0 unspecified atom stereocenters. The summed E-state index contributed by atoms with van der Waals surface area (Å²) >= 11 is 5.80. The topological polar surface area (TPSA) is 59.9 Å². The van der Waals surface area contributed by atoms with Gasteiger partial charge in [0.15, 0.2) is 6.61 Å². The lowest BCUT2D eigenvalue weighted by molar-refractivity contribution is -0.120. The average molecular weight is 347 g/mol. The van der Waals surface area contributed by atoms with Crippen molar-refractivity contribution in [3.05, 3.63) is 59.1 Å². The minimum absolute atomic E-state index is 0.188. The minimum Gasteiger partial charge on any atom is -0.491 e. The molecule has 0 radical (unpaired) electrons. The number of oxime groups is 1. The Morgan fingerprint density at radius 3 is 2.71 bits per heavy atom. The van der Waals surface area contributed by atoms with Gasteiger partial charge in [-0.25, -0.2) is 0 Å². The van der Waals surface area contributed by atoms with Crippen LogP contribution in [0.2, 0.25) is 5.02 Å². The van der Waals surface area contributed by atoms with Gasteiger partial charge in [-0.2, -0.15) is 0 Å². The molecule has 0 aliphatic heterocycles. The maximum Gasteiger partial charge on any atom is 0.265 e. The van der Waals surface area contributed by atoms with Crippen LogP contribution in [0.4, 0.5) is 5.69 Å². The van der Waals surface area contributed by atoms with Crippen molar-refractivity contribution in [3.63, 3.8) is 0 Å². The highest BCUT2D eigenvalue weighted by Crippen LogP contribution is 2.23. The van der Waals surface area contributed by atoms with Crippen LogP contribution in [0, 0.1) is 0 Å². The zero-order valence-electron chi connectivity index (χ0n) is 13.4. The highest BCUT2D eigenvalue weighted by atomic mass is 35.5. The maximum atomic E-state index is 11.9. The second-order valence-corrected chi connectivity index (χ2v) is 5.39. The molecule has 0 heterocycles. The van der Waals surface area contributed by atoms with Gasteiger partial charge >= 0.3 is 0 Å². The Hall–Kier alpha value is -2.53. The lowest BCUT2D eigenvalue weighted by Crippen LogP contribution is -2.17. The van der Waals surface area contributed by atoms with E-state index in [1.807, 2.05) is 25.1 Å². The first-order valence-electron chi connectivity index (χ1n) is 7.61. The van der Waals surface area contributed by atoms with Crippen molar-refractivity contribution in [2.45, 2.75) is 13.3 Å². The third-order valence-corrected chi connectivity index (χ3v) is 3.22. The van der Waals surface area contributed by atoms with Gasteiger partial charge in [0.05, 0.1) is 18.5 Å². The fourth-order valence-electron chi connectivity index (χ4n) is 1.84. The molecule has 0 aliphatic carbocycles. The smallest absolute Gasteiger partial charge is 0.265 e. The number of hydrogen-bond acceptors (Lipinski definition) is 4. The van der Waals surface area contributed by atoms with Crippen molar-refractivity contribution in [1.29, 1.82) is 0 Å². The van der Waals surface area contributed by atoms with Gasteiger partial charge in [-0.1, -0.05) is 47.9 Å². The third-order valence-electron chi connectivity index (χ3n) is 2.96. The lowest BCUT2D eigenvalue weighted by Gasteiger charge is -2.11. The van der Waals surface area contributed by atoms with Gasteiger partial charge in [-0.3, -0.25) is 4.79 Å². The van der Waals surface area contributed by atoms with Gasteiger partial charge in [-0.15, -0.1) is 0 Å². The summed E-state index contributed by atoms with van der Waals surface area (Å²) in [6, 6.07) is 14.4. The molecular formula is C18H19ClN2O3. The van der Waals surface area contributed by atoms with Gasteiger partial charge in [0.1, 0.15) is 5.75 Å². The molecule has 0 aliphatic rings. The van der Waals surface area contributed by atoms with Gasteiger partial charge in [0, 0.05) is 5.02 Å². The number of anilines is 1. The van der Waals surface area contributed by atoms with E-state index in [-0.39, 0.29) is 12.5 Å². The second kappa shape index (κ2) is 9.57. The molecule has 0 aromatic heterocycles. The molecule has 0 spiro atoms. The van der Waals surface area contributed by atoms with E-state index < -0.39 is 0 Å². The number of halogens is 1. The molecule has 2 aromatic carbocycles. The molecule has 1 amide bonds. The zero-order chi connectivity index (χ0) is 17.2. The normalized spacial score (nSPS) is 10.6. The summed E-state index contributed by atoms with van der Waals surface area (Å²) in [4.78, 5) is 16.9. The predicted octanol–water partition coefficient (Wildman–Crippen LogP) is 4.12. The quantitative estimate of drug-likeness (QED) is 0.577. The standard InChI is InChI=1S/C18H19ClN2O3/c1-2-11-23-17-6-4-3-5-16(17)21-18(22)13-24-20-12-14-7-9-15(19)10-8-14/h3-10,12H,2,11,13H2,1H3,(H,21,22)/b20-12+. The molecule has 0 atom stereocenters. The number of carbonyl (C=O) groups is 1. The minimum atomic E-state index is -0.309.